The highest BCUT2D eigenvalue weighted by Gasteiger charge is 2.05. The number of aldehydes is 1. The van der Waals surface area contributed by atoms with Gasteiger partial charge in [0.25, 0.3) is 0 Å². The van der Waals surface area contributed by atoms with Crippen molar-refractivity contribution >= 4 is 23.8 Å². The van der Waals surface area contributed by atoms with Crippen LogP contribution in [0.1, 0.15) is 55.8 Å². The molecular weight excluding hydrogens is 242 g/mol. The number of unbranched alkanes of at least 4 members (excludes halogenated alkanes) is 4. The molecule has 1 aromatic rings. The zero-order valence-electron chi connectivity index (χ0n) is 11.3. The van der Waals surface area contributed by atoms with Crippen LogP contribution in [-0.4, -0.2) is 17.2 Å². The molecule has 1 amide bonds. The Labute approximate surface area is 113 Å². The molecule has 0 atom stereocenters. The van der Waals surface area contributed by atoms with E-state index in [4.69, 9.17) is 5.73 Å². The predicted octanol–water partition coefficient (Wildman–Crippen LogP) is 2.78. The van der Waals surface area contributed by atoms with Gasteiger partial charge in [0.15, 0.2) is 6.29 Å². The average Bonchev–Trinajstić information content (AvgIpc) is 2.39. The number of rotatable bonds is 8. The Hall–Kier alpha value is -1.91. The van der Waals surface area contributed by atoms with Crippen molar-refractivity contribution in [1.82, 2.24) is 4.98 Å². The van der Waals surface area contributed by atoms with Gasteiger partial charge in [0.1, 0.15) is 11.6 Å². The number of aromatic nitrogens is 1. The smallest absolute Gasteiger partial charge is 0.225 e. The fraction of sp³-hybridized carbons (Fsp3) is 0.500. The highest BCUT2D eigenvalue weighted by molar-refractivity contribution is 5.90. The summed E-state index contributed by atoms with van der Waals surface area (Å²) in [5.74, 6) is 0.458. The number of nitrogen functional groups attached to an aromatic ring is 1. The largest absolute Gasteiger partial charge is 0.383 e. The van der Waals surface area contributed by atoms with E-state index < -0.39 is 0 Å². The number of anilines is 2. The van der Waals surface area contributed by atoms with Crippen molar-refractivity contribution in [2.45, 2.75) is 45.4 Å². The maximum atomic E-state index is 11.6. The lowest BCUT2D eigenvalue weighted by Gasteiger charge is -2.06. The van der Waals surface area contributed by atoms with E-state index in [0.717, 1.165) is 12.8 Å². The van der Waals surface area contributed by atoms with E-state index in [1.165, 1.54) is 19.3 Å². The molecule has 0 saturated carbocycles. The van der Waals surface area contributed by atoms with Crippen LogP contribution in [-0.2, 0) is 4.79 Å². The fourth-order valence-corrected chi connectivity index (χ4v) is 1.75. The Morgan fingerprint density at radius 1 is 1.32 bits per heavy atom. The summed E-state index contributed by atoms with van der Waals surface area (Å²) >= 11 is 0. The Morgan fingerprint density at radius 2 is 2.05 bits per heavy atom. The minimum atomic E-state index is -0.0674. The van der Waals surface area contributed by atoms with Crippen LogP contribution in [0.15, 0.2) is 12.1 Å². The molecule has 1 rings (SSSR count). The summed E-state index contributed by atoms with van der Waals surface area (Å²) in [5.41, 5.74) is 5.90. The Kier molecular flexibility index (Phi) is 6.57. The molecule has 0 bridgehead atoms. The zero-order valence-corrected chi connectivity index (χ0v) is 11.3. The number of nitrogens with two attached hydrogens (primary N) is 1. The third-order valence-corrected chi connectivity index (χ3v) is 2.86. The molecule has 5 nitrogen and oxygen atoms in total. The summed E-state index contributed by atoms with van der Waals surface area (Å²) in [4.78, 5) is 26.2. The molecule has 0 radical (unpaired) electrons. The van der Waals surface area contributed by atoms with Crippen LogP contribution >= 0.6 is 0 Å². The van der Waals surface area contributed by atoms with Gasteiger partial charge in [-0.25, -0.2) is 4.98 Å². The van der Waals surface area contributed by atoms with E-state index in [9.17, 15) is 9.59 Å². The number of pyridine rings is 1. The third-order valence-electron chi connectivity index (χ3n) is 2.86. The monoisotopic (exact) mass is 263 g/mol. The molecule has 104 valence electrons. The first-order valence-corrected chi connectivity index (χ1v) is 6.69. The minimum absolute atomic E-state index is 0.0674. The van der Waals surface area contributed by atoms with Crippen molar-refractivity contribution in [3.8, 4) is 0 Å². The second kappa shape index (κ2) is 8.24. The van der Waals surface area contributed by atoms with E-state index in [-0.39, 0.29) is 11.7 Å². The van der Waals surface area contributed by atoms with Crippen molar-refractivity contribution in [3.05, 3.63) is 17.7 Å². The summed E-state index contributed by atoms with van der Waals surface area (Å²) < 4.78 is 0. The molecule has 0 aliphatic rings. The number of hydrogen-bond acceptors (Lipinski definition) is 4. The molecule has 0 unspecified atom stereocenters. The quantitative estimate of drug-likeness (QED) is 0.558. The van der Waals surface area contributed by atoms with Crippen molar-refractivity contribution in [3.63, 3.8) is 0 Å². The standard InChI is InChI=1S/C14H21N3O2/c1-2-3-4-5-6-7-13(19)16-12-9-8-11(10-18)14(15)17-12/h8-10H,2-7H2,1H3,(H3,15,16,17,19). The summed E-state index contributed by atoms with van der Waals surface area (Å²) in [6.45, 7) is 2.16. The van der Waals surface area contributed by atoms with Crippen LogP contribution in [0, 0.1) is 0 Å². The molecule has 0 aliphatic carbocycles. The summed E-state index contributed by atoms with van der Waals surface area (Å²) in [5, 5.41) is 2.68. The number of carbonyl (C=O) groups is 2. The first-order valence-electron chi connectivity index (χ1n) is 6.69. The van der Waals surface area contributed by atoms with Crippen LogP contribution < -0.4 is 11.1 Å². The number of hydrogen-bond donors (Lipinski definition) is 2. The van der Waals surface area contributed by atoms with E-state index in [1.54, 1.807) is 12.1 Å². The fourth-order valence-electron chi connectivity index (χ4n) is 1.75. The van der Waals surface area contributed by atoms with Gasteiger partial charge in [-0.3, -0.25) is 9.59 Å². The summed E-state index contributed by atoms with van der Waals surface area (Å²) in [7, 11) is 0. The Balaban J connectivity index is 2.36. The van der Waals surface area contributed by atoms with Crippen LogP contribution in [0.3, 0.4) is 0 Å². The van der Waals surface area contributed by atoms with E-state index >= 15 is 0 Å². The van der Waals surface area contributed by atoms with Crippen molar-refractivity contribution in [1.29, 1.82) is 0 Å². The highest BCUT2D eigenvalue weighted by Crippen LogP contribution is 2.12. The molecule has 0 aliphatic heterocycles. The second-order valence-electron chi connectivity index (χ2n) is 4.50. The molecule has 1 heterocycles. The first-order chi connectivity index (χ1) is 9.17. The van der Waals surface area contributed by atoms with Crippen molar-refractivity contribution in [2.75, 3.05) is 11.1 Å². The van der Waals surface area contributed by atoms with Crippen molar-refractivity contribution in [2.24, 2.45) is 0 Å². The SMILES string of the molecule is CCCCCCCC(=O)Nc1ccc(C=O)c(N)n1. The van der Waals surface area contributed by atoms with Gasteiger partial charge in [-0.05, 0) is 18.6 Å². The zero-order chi connectivity index (χ0) is 14.1. The molecular formula is C14H21N3O2. The normalized spacial score (nSPS) is 10.2. The van der Waals surface area contributed by atoms with Crippen LogP contribution in [0.2, 0.25) is 0 Å². The first kappa shape index (κ1) is 15.1. The maximum Gasteiger partial charge on any atom is 0.225 e. The van der Waals surface area contributed by atoms with Gasteiger partial charge in [0, 0.05) is 6.42 Å². The second-order valence-corrected chi connectivity index (χ2v) is 4.50. The third kappa shape index (κ3) is 5.50. The van der Waals surface area contributed by atoms with E-state index in [2.05, 4.69) is 17.2 Å². The Morgan fingerprint density at radius 3 is 2.68 bits per heavy atom. The molecule has 1 aromatic heterocycles. The number of nitrogens with one attached hydrogen (secondary N) is 1. The molecule has 3 N–H and O–H groups in total. The van der Waals surface area contributed by atoms with Crippen LogP contribution in [0.4, 0.5) is 11.6 Å². The van der Waals surface area contributed by atoms with Gasteiger partial charge in [-0.2, -0.15) is 0 Å². The number of amides is 1. The average molecular weight is 263 g/mol. The van der Waals surface area contributed by atoms with E-state index in [1.807, 2.05) is 0 Å². The lowest BCUT2D eigenvalue weighted by Crippen LogP contribution is -2.13. The molecule has 0 aromatic carbocycles. The van der Waals surface area contributed by atoms with Crippen LogP contribution in [0.5, 0.6) is 0 Å². The van der Waals surface area contributed by atoms with E-state index in [0.29, 0.717) is 24.1 Å². The van der Waals surface area contributed by atoms with Gasteiger partial charge in [-0.15, -0.1) is 0 Å². The van der Waals surface area contributed by atoms with Gasteiger partial charge in [0.05, 0.1) is 5.56 Å². The maximum absolute atomic E-state index is 11.6. The molecule has 0 spiro atoms. The topological polar surface area (TPSA) is 85.1 Å². The van der Waals surface area contributed by atoms with Gasteiger partial charge >= 0.3 is 0 Å². The van der Waals surface area contributed by atoms with Gasteiger partial charge < -0.3 is 11.1 Å². The molecule has 19 heavy (non-hydrogen) atoms. The lowest BCUT2D eigenvalue weighted by atomic mass is 10.1. The summed E-state index contributed by atoms with van der Waals surface area (Å²) in [6, 6.07) is 3.13. The van der Waals surface area contributed by atoms with Crippen LogP contribution in [0.25, 0.3) is 0 Å². The molecule has 5 heteroatoms. The Bertz CT molecular complexity index is 433. The predicted molar refractivity (Wildman–Crippen MR) is 76.0 cm³/mol. The molecule has 0 saturated heterocycles. The highest BCUT2D eigenvalue weighted by atomic mass is 16.1. The minimum Gasteiger partial charge on any atom is -0.383 e. The lowest BCUT2D eigenvalue weighted by molar-refractivity contribution is -0.116. The number of carbonyl (C=O) groups excluding carboxylic acids is 2. The summed E-state index contributed by atoms with van der Waals surface area (Å²) in [6.07, 6.45) is 6.66. The van der Waals surface area contributed by atoms with Gasteiger partial charge in [0.2, 0.25) is 5.91 Å². The number of nitrogens with zero attached hydrogens (tertiary/aromatic N) is 1. The van der Waals surface area contributed by atoms with Crippen molar-refractivity contribution < 1.29 is 9.59 Å². The molecule has 0 fully saturated rings. The van der Waals surface area contributed by atoms with Gasteiger partial charge in [-0.1, -0.05) is 32.6 Å².